The Bertz CT molecular complexity index is 997. The van der Waals surface area contributed by atoms with Gasteiger partial charge < -0.3 is 15.0 Å². The third kappa shape index (κ3) is 5.06. The molecular weight excluding hydrogens is 390 g/mol. The first kappa shape index (κ1) is 20.9. The Hall–Kier alpha value is -3.32. The van der Waals surface area contributed by atoms with Gasteiger partial charge in [0.1, 0.15) is 11.4 Å². The number of nitrogens with one attached hydrogen (secondary N) is 1. The molecule has 1 atom stereocenters. The van der Waals surface area contributed by atoms with Gasteiger partial charge in [-0.05, 0) is 12.8 Å². The lowest BCUT2D eigenvalue weighted by Crippen LogP contribution is -2.36. The second-order valence-electron chi connectivity index (χ2n) is 7.55. The number of nitrogens with zero attached hydrogens (tertiary/aromatic N) is 4. The lowest BCUT2D eigenvalue weighted by Gasteiger charge is -2.24. The zero-order valence-electron chi connectivity index (χ0n) is 17.7. The minimum absolute atomic E-state index is 0.207. The van der Waals surface area contributed by atoms with E-state index in [1.165, 1.54) is 0 Å². The van der Waals surface area contributed by atoms with Crippen molar-refractivity contribution < 1.29 is 9.53 Å². The maximum atomic E-state index is 12.1. The van der Waals surface area contributed by atoms with Crippen molar-refractivity contribution in [3.05, 3.63) is 60.7 Å². The quantitative estimate of drug-likeness (QED) is 0.573. The van der Waals surface area contributed by atoms with Crippen LogP contribution >= 0.6 is 0 Å². The van der Waals surface area contributed by atoms with Crippen LogP contribution in [-0.4, -0.2) is 58.8 Å². The molecule has 31 heavy (non-hydrogen) atoms. The SMILES string of the molecule is COCCN1C(=O)CCC1CCNc1nnc(-c2ccccc2)c(-c2ccccc2)n1. The molecule has 0 bridgehead atoms. The van der Waals surface area contributed by atoms with Crippen molar-refractivity contribution in [3.8, 4) is 22.5 Å². The number of amides is 1. The first-order chi connectivity index (χ1) is 15.3. The number of aromatic nitrogens is 3. The average Bonchev–Trinajstić information content (AvgIpc) is 3.18. The number of carbonyl (C=O) groups is 1. The van der Waals surface area contributed by atoms with Gasteiger partial charge in [-0.15, -0.1) is 10.2 Å². The number of ether oxygens (including phenoxy) is 1. The molecule has 1 unspecified atom stereocenters. The Balaban J connectivity index is 1.49. The van der Waals surface area contributed by atoms with E-state index < -0.39 is 0 Å². The molecule has 7 heteroatoms. The summed E-state index contributed by atoms with van der Waals surface area (Å²) in [4.78, 5) is 18.8. The average molecular weight is 418 g/mol. The van der Waals surface area contributed by atoms with Crippen LogP contribution in [0, 0.1) is 0 Å². The summed E-state index contributed by atoms with van der Waals surface area (Å²) in [5, 5.41) is 12.1. The first-order valence-electron chi connectivity index (χ1n) is 10.6. The molecular formula is C24H27N5O2. The number of methoxy groups -OCH3 is 1. The minimum Gasteiger partial charge on any atom is -0.383 e. The number of hydrogen-bond acceptors (Lipinski definition) is 6. The molecule has 2 aromatic carbocycles. The Morgan fingerprint density at radius 3 is 2.35 bits per heavy atom. The molecule has 1 fully saturated rings. The summed E-state index contributed by atoms with van der Waals surface area (Å²) in [7, 11) is 1.66. The van der Waals surface area contributed by atoms with E-state index in [-0.39, 0.29) is 11.9 Å². The van der Waals surface area contributed by atoms with E-state index in [0.29, 0.717) is 32.1 Å². The highest BCUT2D eigenvalue weighted by molar-refractivity contribution is 5.79. The maximum absolute atomic E-state index is 12.1. The van der Waals surface area contributed by atoms with E-state index in [9.17, 15) is 4.79 Å². The molecule has 1 amide bonds. The highest BCUT2D eigenvalue weighted by Crippen LogP contribution is 2.29. The second kappa shape index (κ2) is 10.1. The zero-order chi connectivity index (χ0) is 21.5. The number of anilines is 1. The molecule has 7 nitrogen and oxygen atoms in total. The van der Waals surface area contributed by atoms with Crippen molar-refractivity contribution in [1.82, 2.24) is 20.1 Å². The largest absolute Gasteiger partial charge is 0.383 e. The second-order valence-corrected chi connectivity index (χ2v) is 7.55. The lowest BCUT2D eigenvalue weighted by atomic mass is 10.0. The topological polar surface area (TPSA) is 80.2 Å². The van der Waals surface area contributed by atoms with E-state index in [1.54, 1.807) is 7.11 Å². The van der Waals surface area contributed by atoms with Crippen molar-refractivity contribution in [2.75, 3.05) is 32.1 Å². The fraction of sp³-hybridized carbons (Fsp3) is 0.333. The van der Waals surface area contributed by atoms with Crippen LogP contribution in [-0.2, 0) is 9.53 Å². The normalized spacial score (nSPS) is 16.0. The Morgan fingerprint density at radius 2 is 1.68 bits per heavy atom. The van der Waals surface area contributed by atoms with Crippen LogP contribution in [0.2, 0.25) is 0 Å². The summed E-state index contributed by atoms with van der Waals surface area (Å²) < 4.78 is 5.14. The minimum atomic E-state index is 0.207. The summed E-state index contributed by atoms with van der Waals surface area (Å²) in [6.45, 7) is 1.87. The molecule has 3 aromatic rings. The van der Waals surface area contributed by atoms with Crippen LogP contribution in [0.3, 0.4) is 0 Å². The molecule has 0 aliphatic carbocycles. The van der Waals surface area contributed by atoms with Gasteiger partial charge in [0.25, 0.3) is 0 Å². The summed E-state index contributed by atoms with van der Waals surface area (Å²) in [5.74, 6) is 0.699. The summed E-state index contributed by atoms with van der Waals surface area (Å²) in [6, 6.07) is 20.2. The van der Waals surface area contributed by atoms with Crippen LogP contribution in [0.1, 0.15) is 19.3 Å². The van der Waals surface area contributed by atoms with E-state index in [0.717, 1.165) is 35.4 Å². The molecule has 1 aliphatic heterocycles. The predicted molar refractivity (Wildman–Crippen MR) is 120 cm³/mol. The third-order valence-electron chi connectivity index (χ3n) is 5.53. The van der Waals surface area contributed by atoms with Crippen LogP contribution in [0.5, 0.6) is 0 Å². The van der Waals surface area contributed by atoms with Crippen LogP contribution in [0.15, 0.2) is 60.7 Å². The fourth-order valence-electron chi connectivity index (χ4n) is 3.93. The Kier molecular flexibility index (Phi) is 6.84. The summed E-state index contributed by atoms with van der Waals surface area (Å²) >= 11 is 0. The molecule has 4 rings (SSSR count). The van der Waals surface area contributed by atoms with E-state index in [4.69, 9.17) is 9.72 Å². The molecule has 1 N–H and O–H groups in total. The Morgan fingerprint density at radius 1 is 1.00 bits per heavy atom. The molecule has 160 valence electrons. The van der Waals surface area contributed by atoms with E-state index in [1.807, 2.05) is 65.6 Å². The highest BCUT2D eigenvalue weighted by atomic mass is 16.5. The highest BCUT2D eigenvalue weighted by Gasteiger charge is 2.30. The number of benzene rings is 2. The third-order valence-corrected chi connectivity index (χ3v) is 5.53. The molecule has 2 heterocycles. The molecule has 1 saturated heterocycles. The van der Waals surface area contributed by atoms with Crippen molar-refractivity contribution in [1.29, 1.82) is 0 Å². The van der Waals surface area contributed by atoms with Crippen LogP contribution in [0.25, 0.3) is 22.5 Å². The lowest BCUT2D eigenvalue weighted by molar-refractivity contribution is -0.129. The van der Waals surface area contributed by atoms with Crippen molar-refractivity contribution >= 4 is 11.9 Å². The monoisotopic (exact) mass is 417 g/mol. The van der Waals surface area contributed by atoms with Crippen molar-refractivity contribution in [2.24, 2.45) is 0 Å². The van der Waals surface area contributed by atoms with Gasteiger partial charge in [0.05, 0.1) is 6.61 Å². The molecule has 0 radical (unpaired) electrons. The number of hydrogen-bond donors (Lipinski definition) is 1. The van der Waals surface area contributed by atoms with Gasteiger partial charge in [-0.1, -0.05) is 60.7 Å². The predicted octanol–water partition coefficient (Wildman–Crippen LogP) is 3.65. The number of likely N-dealkylation sites (tertiary alicyclic amines) is 1. The molecule has 0 saturated carbocycles. The van der Waals surface area contributed by atoms with Crippen molar-refractivity contribution in [2.45, 2.75) is 25.3 Å². The van der Waals surface area contributed by atoms with Gasteiger partial charge in [-0.3, -0.25) is 4.79 Å². The maximum Gasteiger partial charge on any atom is 0.243 e. The summed E-state index contributed by atoms with van der Waals surface area (Å²) in [5.41, 5.74) is 3.52. The van der Waals surface area contributed by atoms with Crippen LogP contribution < -0.4 is 5.32 Å². The molecule has 0 spiro atoms. The smallest absolute Gasteiger partial charge is 0.243 e. The van der Waals surface area contributed by atoms with Gasteiger partial charge in [0.15, 0.2) is 0 Å². The van der Waals surface area contributed by atoms with Gasteiger partial charge in [0.2, 0.25) is 11.9 Å². The van der Waals surface area contributed by atoms with E-state index >= 15 is 0 Å². The first-order valence-corrected chi connectivity index (χ1v) is 10.6. The van der Waals surface area contributed by atoms with Gasteiger partial charge in [0, 0.05) is 43.8 Å². The van der Waals surface area contributed by atoms with Crippen molar-refractivity contribution in [3.63, 3.8) is 0 Å². The van der Waals surface area contributed by atoms with Gasteiger partial charge >= 0.3 is 0 Å². The number of rotatable bonds is 9. The summed E-state index contributed by atoms with van der Waals surface area (Å²) in [6.07, 6.45) is 2.32. The standard InChI is InChI=1S/C24H27N5O2/c1-31-17-16-29-20(12-13-21(29)30)14-15-25-24-26-22(18-8-4-2-5-9-18)23(27-28-24)19-10-6-3-7-11-19/h2-11,20H,12-17H2,1H3,(H,25,26,28). The van der Waals surface area contributed by atoms with Gasteiger partial charge in [-0.25, -0.2) is 4.98 Å². The zero-order valence-corrected chi connectivity index (χ0v) is 17.7. The molecule has 1 aromatic heterocycles. The van der Waals surface area contributed by atoms with Crippen LogP contribution in [0.4, 0.5) is 5.95 Å². The Labute approximate surface area is 182 Å². The fourth-order valence-corrected chi connectivity index (χ4v) is 3.93. The molecule has 1 aliphatic rings. The van der Waals surface area contributed by atoms with Gasteiger partial charge in [-0.2, -0.15) is 0 Å². The van der Waals surface area contributed by atoms with E-state index in [2.05, 4.69) is 15.5 Å². The number of carbonyl (C=O) groups excluding carboxylic acids is 1.